The van der Waals surface area contributed by atoms with E-state index < -0.39 is 9.75 Å². The molecule has 2 N–H and O–H groups in total. The average Bonchev–Trinajstić information content (AvgIpc) is 2.94. The molecule has 0 saturated heterocycles. The molecule has 0 aliphatic heterocycles. The number of benzene rings is 1. The predicted octanol–water partition coefficient (Wildman–Crippen LogP) is 3.87. The fraction of sp³-hybridized carbons (Fsp3) is 0.467. The number of rotatable bonds is 4. The highest BCUT2D eigenvalue weighted by Gasteiger charge is 2.67. The van der Waals surface area contributed by atoms with Crippen molar-refractivity contribution in [3.8, 4) is 0 Å². The lowest BCUT2D eigenvalue weighted by atomic mass is 10.1. The summed E-state index contributed by atoms with van der Waals surface area (Å²) in [5.41, 5.74) is 1.42. The van der Waals surface area contributed by atoms with Gasteiger partial charge in [0.05, 0.1) is 5.41 Å². The molecular formula is C15H18Cl2N2O2. The maximum atomic E-state index is 12.3. The molecule has 0 radical (unpaired) electrons. The highest BCUT2D eigenvalue weighted by Crippen LogP contribution is 2.64. The van der Waals surface area contributed by atoms with Crippen LogP contribution in [0, 0.1) is 12.3 Å². The summed E-state index contributed by atoms with van der Waals surface area (Å²) in [5, 5.41) is 5.60. The van der Waals surface area contributed by atoms with Gasteiger partial charge in [-0.25, -0.2) is 0 Å². The molecule has 0 aromatic heterocycles. The van der Waals surface area contributed by atoms with Crippen LogP contribution in [-0.2, 0) is 9.59 Å². The lowest BCUT2D eigenvalue weighted by molar-refractivity contribution is -0.120. The Labute approximate surface area is 134 Å². The minimum absolute atomic E-state index is 0.0779. The van der Waals surface area contributed by atoms with E-state index in [9.17, 15) is 9.59 Å². The average molecular weight is 329 g/mol. The van der Waals surface area contributed by atoms with Gasteiger partial charge in [-0.15, -0.1) is 23.2 Å². The van der Waals surface area contributed by atoms with Crippen LogP contribution >= 0.6 is 23.2 Å². The van der Waals surface area contributed by atoms with Crippen LogP contribution < -0.4 is 10.6 Å². The highest BCUT2D eigenvalue weighted by molar-refractivity contribution is 6.53. The second kappa shape index (κ2) is 5.50. The molecule has 1 aliphatic rings. The van der Waals surface area contributed by atoms with Gasteiger partial charge in [-0.2, -0.15) is 0 Å². The van der Waals surface area contributed by atoms with Crippen LogP contribution in [0.25, 0.3) is 0 Å². The Balaban J connectivity index is 2.15. The first kappa shape index (κ1) is 16.1. The van der Waals surface area contributed by atoms with Crippen LogP contribution in [0.4, 0.5) is 11.4 Å². The minimum atomic E-state index is -1.00. The lowest BCUT2D eigenvalue weighted by Crippen LogP contribution is -2.26. The maximum Gasteiger partial charge on any atom is 0.233 e. The zero-order valence-electron chi connectivity index (χ0n) is 12.2. The minimum Gasteiger partial charge on any atom is -0.326 e. The van der Waals surface area contributed by atoms with E-state index in [2.05, 4.69) is 10.6 Å². The number of hydrogen-bond donors (Lipinski definition) is 2. The summed E-state index contributed by atoms with van der Waals surface area (Å²) in [5.74, 6) is -0.291. The number of hydrogen-bond acceptors (Lipinski definition) is 2. The van der Waals surface area contributed by atoms with Gasteiger partial charge in [0.2, 0.25) is 11.8 Å². The molecule has 1 saturated carbocycles. The van der Waals surface area contributed by atoms with Crippen molar-refractivity contribution in [1.29, 1.82) is 0 Å². The van der Waals surface area contributed by atoms with Gasteiger partial charge in [-0.05, 0) is 38.0 Å². The second-order valence-corrected chi connectivity index (χ2v) is 7.08. The fourth-order valence-corrected chi connectivity index (χ4v) is 2.70. The molecule has 0 unspecified atom stereocenters. The predicted molar refractivity (Wildman–Crippen MR) is 85.9 cm³/mol. The van der Waals surface area contributed by atoms with E-state index in [-0.39, 0.29) is 11.8 Å². The van der Waals surface area contributed by atoms with Gasteiger partial charge in [-0.1, -0.05) is 13.0 Å². The molecule has 1 aliphatic carbocycles. The van der Waals surface area contributed by atoms with Gasteiger partial charge in [0.1, 0.15) is 4.33 Å². The Bertz CT molecular complexity index is 601. The van der Waals surface area contributed by atoms with Crippen molar-refractivity contribution in [1.82, 2.24) is 0 Å². The Kier molecular flexibility index (Phi) is 4.22. The van der Waals surface area contributed by atoms with Crippen LogP contribution in [0.2, 0.25) is 0 Å². The molecular weight excluding hydrogens is 311 g/mol. The summed E-state index contributed by atoms with van der Waals surface area (Å²) in [4.78, 5) is 23.7. The van der Waals surface area contributed by atoms with E-state index in [0.29, 0.717) is 24.2 Å². The standard InChI is InChI=1S/C15H18Cl2N2O2/c1-4-12(20)18-10-6-5-9(2)11(7-10)19-13(21)14(3)8-15(14,16)17/h5-7H,4,8H2,1-3H3,(H,18,20)(H,19,21)/t14-/m1/s1. The SMILES string of the molecule is CCC(=O)Nc1ccc(C)c(NC(=O)[C@@]2(C)CC2(Cl)Cl)c1. The number of nitrogens with one attached hydrogen (secondary N) is 2. The Hall–Kier alpha value is -1.26. The van der Waals surface area contributed by atoms with E-state index in [4.69, 9.17) is 23.2 Å². The topological polar surface area (TPSA) is 58.2 Å². The largest absolute Gasteiger partial charge is 0.326 e. The van der Waals surface area contributed by atoms with Gasteiger partial charge < -0.3 is 10.6 Å². The van der Waals surface area contributed by atoms with Crippen molar-refractivity contribution in [2.24, 2.45) is 5.41 Å². The smallest absolute Gasteiger partial charge is 0.233 e. The molecule has 1 atom stereocenters. The second-order valence-electron chi connectivity index (χ2n) is 5.60. The third-order valence-corrected chi connectivity index (χ3v) is 4.95. The molecule has 1 aromatic carbocycles. The highest BCUT2D eigenvalue weighted by atomic mass is 35.5. The Morgan fingerprint density at radius 2 is 1.90 bits per heavy atom. The molecule has 1 fully saturated rings. The number of carbonyl (C=O) groups excluding carboxylic acids is 2. The monoisotopic (exact) mass is 328 g/mol. The summed E-state index contributed by atoms with van der Waals surface area (Å²) in [6, 6.07) is 5.37. The van der Waals surface area contributed by atoms with Gasteiger partial charge in [-0.3, -0.25) is 9.59 Å². The molecule has 114 valence electrons. The first-order valence-electron chi connectivity index (χ1n) is 6.79. The Morgan fingerprint density at radius 3 is 2.43 bits per heavy atom. The van der Waals surface area contributed by atoms with Crippen LogP contribution in [0.1, 0.15) is 32.3 Å². The number of halogens is 2. The van der Waals surface area contributed by atoms with Crippen LogP contribution in [-0.4, -0.2) is 16.1 Å². The normalized spacial score (nSPS) is 22.5. The van der Waals surface area contributed by atoms with Crippen LogP contribution in [0.15, 0.2) is 18.2 Å². The Morgan fingerprint density at radius 1 is 1.29 bits per heavy atom. The first-order chi connectivity index (χ1) is 9.69. The summed E-state index contributed by atoms with van der Waals surface area (Å²) >= 11 is 12.0. The molecule has 6 heteroatoms. The van der Waals surface area contributed by atoms with Crippen molar-refractivity contribution >= 4 is 46.4 Å². The summed E-state index contributed by atoms with van der Waals surface area (Å²) in [6.07, 6.45) is 0.828. The molecule has 21 heavy (non-hydrogen) atoms. The number of anilines is 2. The van der Waals surface area contributed by atoms with Crippen molar-refractivity contribution in [3.63, 3.8) is 0 Å². The van der Waals surface area contributed by atoms with Crippen LogP contribution in [0.3, 0.4) is 0 Å². The van der Waals surface area contributed by atoms with Crippen molar-refractivity contribution < 1.29 is 9.59 Å². The number of carbonyl (C=O) groups is 2. The van der Waals surface area contributed by atoms with Gasteiger partial charge in [0.25, 0.3) is 0 Å². The molecule has 0 bridgehead atoms. The summed E-state index contributed by atoms with van der Waals surface area (Å²) < 4.78 is -1.00. The van der Waals surface area contributed by atoms with E-state index in [1.165, 1.54) is 0 Å². The molecule has 2 rings (SSSR count). The van der Waals surface area contributed by atoms with E-state index >= 15 is 0 Å². The van der Waals surface area contributed by atoms with Gasteiger partial charge in [0, 0.05) is 17.8 Å². The molecule has 4 nitrogen and oxygen atoms in total. The zero-order valence-corrected chi connectivity index (χ0v) is 13.7. The van der Waals surface area contributed by atoms with Crippen molar-refractivity contribution in [3.05, 3.63) is 23.8 Å². The van der Waals surface area contributed by atoms with Crippen molar-refractivity contribution in [2.45, 2.75) is 37.9 Å². The number of alkyl halides is 2. The fourth-order valence-electron chi connectivity index (χ4n) is 1.99. The number of aryl methyl sites for hydroxylation is 1. The first-order valence-corrected chi connectivity index (χ1v) is 7.55. The van der Waals surface area contributed by atoms with Gasteiger partial charge >= 0.3 is 0 Å². The quantitative estimate of drug-likeness (QED) is 0.824. The number of amides is 2. The van der Waals surface area contributed by atoms with E-state index in [0.717, 1.165) is 5.56 Å². The van der Waals surface area contributed by atoms with Crippen LogP contribution in [0.5, 0.6) is 0 Å². The third kappa shape index (κ3) is 3.16. The van der Waals surface area contributed by atoms with Gasteiger partial charge in [0.15, 0.2) is 0 Å². The molecule has 2 amide bonds. The van der Waals surface area contributed by atoms with E-state index in [1.54, 1.807) is 26.0 Å². The molecule has 0 spiro atoms. The van der Waals surface area contributed by atoms with Crippen molar-refractivity contribution in [2.75, 3.05) is 10.6 Å². The molecule has 0 heterocycles. The summed E-state index contributed by atoms with van der Waals surface area (Å²) in [7, 11) is 0. The molecule has 1 aromatic rings. The maximum absolute atomic E-state index is 12.3. The third-order valence-electron chi connectivity index (χ3n) is 3.85. The summed E-state index contributed by atoms with van der Waals surface area (Å²) in [6.45, 7) is 5.39. The lowest BCUT2D eigenvalue weighted by Gasteiger charge is -2.15. The zero-order chi connectivity index (χ0) is 15.8. The van der Waals surface area contributed by atoms with E-state index in [1.807, 2.05) is 13.0 Å².